The van der Waals surface area contributed by atoms with E-state index in [1.165, 1.54) is 12.1 Å². The van der Waals surface area contributed by atoms with Crippen molar-refractivity contribution in [3.05, 3.63) is 60.0 Å². The molecule has 1 aliphatic rings. The van der Waals surface area contributed by atoms with Gasteiger partial charge < -0.3 is 9.88 Å². The number of nitrogens with one attached hydrogen (secondary N) is 1. The Bertz CT molecular complexity index is 1260. The normalized spacial score (nSPS) is 15.6. The van der Waals surface area contributed by atoms with Gasteiger partial charge in [-0.15, -0.1) is 0 Å². The van der Waals surface area contributed by atoms with Crippen molar-refractivity contribution in [2.45, 2.75) is 32.0 Å². The van der Waals surface area contributed by atoms with E-state index in [4.69, 9.17) is 0 Å². The first-order valence-corrected chi connectivity index (χ1v) is 10.7. The highest BCUT2D eigenvalue weighted by atomic mass is 19.4. The second-order valence-electron chi connectivity index (χ2n) is 8.25. The van der Waals surface area contributed by atoms with Gasteiger partial charge in [0.2, 0.25) is 0 Å². The van der Waals surface area contributed by atoms with Gasteiger partial charge in [-0.3, -0.25) is 0 Å². The van der Waals surface area contributed by atoms with E-state index in [0.717, 1.165) is 44.0 Å². The van der Waals surface area contributed by atoms with E-state index in [1.54, 1.807) is 0 Å². The zero-order chi connectivity index (χ0) is 22.3. The summed E-state index contributed by atoms with van der Waals surface area (Å²) in [6.45, 7) is 2.43. The summed E-state index contributed by atoms with van der Waals surface area (Å²) in [6, 6.07) is 13.0. The van der Waals surface area contributed by atoms with Gasteiger partial charge in [0.05, 0.1) is 11.0 Å². The molecule has 0 aliphatic carbocycles. The fourth-order valence-corrected chi connectivity index (χ4v) is 4.57. The number of alkyl halides is 3. The van der Waals surface area contributed by atoms with Gasteiger partial charge in [0.1, 0.15) is 17.2 Å². The number of aromatic nitrogens is 3. The highest BCUT2D eigenvalue weighted by Crippen LogP contribution is 2.39. The SMILES string of the molecule is Fc1ccc2c(c1)nc(C(F)(F)F)c1nc(-c3ccccc3)n(CCC3CCNCC3)c12. The van der Waals surface area contributed by atoms with Crippen LogP contribution in [0.15, 0.2) is 48.5 Å². The molecule has 1 aliphatic heterocycles. The van der Waals surface area contributed by atoms with Crippen molar-refractivity contribution >= 4 is 21.9 Å². The Morgan fingerprint density at radius 2 is 1.75 bits per heavy atom. The summed E-state index contributed by atoms with van der Waals surface area (Å²) in [5.41, 5.74) is -0.205. The third-order valence-electron chi connectivity index (χ3n) is 6.16. The Balaban J connectivity index is 1.76. The van der Waals surface area contributed by atoms with E-state index in [9.17, 15) is 17.6 Å². The molecule has 0 atom stereocenters. The predicted molar refractivity (Wildman–Crippen MR) is 116 cm³/mol. The molecule has 1 fully saturated rings. The zero-order valence-corrected chi connectivity index (χ0v) is 17.3. The van der Waals surface area contributed by atoms with Gasteiger partial charge in [0.25, 0.3) is 0 Å². The molecule has 2 aromatic heterocycles. The molecule has 0 unspecified atom stereocenters. The van der Waals surface area contributed by atoms with Crippen LogP contribution in [-0.4, -0.2) is 27.6 Å². The number of piperidine rings is 1. The monoisotopic (exact) mass is 442 g/mol. The minimum atomic E-state index is -4.71. The minimum Gasteiger partial charge on any atom is -0.323 e. The molecular formula is C24H22F4N4. The van der Waals surface area contributed by atoms with Crippen molar-refractivity contribution in [2.75, 3.05) is 13.1 Å². The lowest BCUT2D eigenvalue weighted by atomic mass is 9.94. The van der Waals surface area contributed by atoms with Gasteiger partial charge in [-0.2, -0.15) is 13.2 Å². The molecule has 0 spiro atoms. The molecule has 3 heterocycles. The number of rotatable bonds is 4. The molecule has 0 saturated carbocycles. The average Bonchev–Trinajstić information content (AvgIpc) is 3.17. The van der Waals surface area contributed by atoms with E-state index in [0.29, 0.717) is 29.2 Å². The molecular weight excluding hydrogens is 420 g/mol. The van der Waals surface area contributed by atoms with Crippen molar-refractivity contribution in [2.24, 2.45) is 5.92 Å². The van der Waals surface area contributed by atoms with E-state index in [1.807, 2.05) is 34.9 Å². The van der Waals surface area contributed by atoms with Crippen molar-refractivity contribution in [3.63, 3.8) is 0 Å². The van der Waals surface area contributed by atoms with Gasteiger partial charge >= 0.3 is 6.18 Å². The topological polar surface area (TPSA) is 42.7 Å². The number of halogens is 4. The largest absolute Gasteiger partial charge is 0.435 e. The van der Waals surface area contributed by atoms with Gasteiger partial charge in [-0.1, -0.05) is 30.3 Å². The summed E-state index contributed by atoms with van der Waals surface area (Å²) in [4.78, 5) is 8.24. The average molecular weight is 442 g/mol. The lowest BCUT2D eigenvalue weighted by Gasteiger charge is -2.23. The van der Waals surface area contributed by atoms with E-state index >= 15 is 0 Å². The lowest BCUT2D eigenvalue weighted by Crippen LogP contribution is -2.28. The number of fused-ring (bicyclic) bond motifs is 3. The van der Waals surface area contributed by atoms with Gasteiger partial charge in [0, 0.05) is 23.6 Å². The van der Waals surface area contributed by atoms with Crippen LogP contribution < -0.4 is 5.32 Å². The number of hydrogen-bond acceptors (Lipinski definition) is 3. The first-order chi connectivity index (χ1) is 15.4. The summed E-state index contributed by atoms with van der Waals surface area (Å²) in [7, 11) is 0. The molecule has 1 saturated heterocycles. The van der Waals surface area contributed by atoms with E-state index < -0.39 is 17.7 Å². The first-order valence-electron chi connectivity index (χ1n) is 10.7. The van der Waals surface area contributed by atoms with E-state index in [2.05, 4.69) is 15.3 Å². The van der Waals surface area contributed by atoms with Crippen LogP contribution in [0.5, 0.6) is 0 Å². The molecule has 8 heteroatoms. The Morgan fingerprint density at radius 1 is 1.00 bits per heavy atom. The standard InChI is InChI=1S/C24H22F4N4/c25-17-6-7-18-19(14-17)30-22(24(26,27)28)20-21(18)32(13-10-15-8-11-29-12-9-15)23(31-20)16-4-2-1-3-5-16/h1-7,14-15,29H,8-13H2. The molecule has 2 aromatic carbocycles. The molecule has 0 amide bonds. The fraction of sp³-hybridized carbons (Fsp3) is 0.333. The molecule has 166 valence electrons. The summed E-state index contributed by atoms with van der Waals surface area (Å²) < 4.78 is 57.6. The van der Waals surface area contributed by atoms with Crippen LogP contribution in [0.2, 0.25) is 0 Å². The molecule has 1 N–H and O–H groups in total. The van der Waals surface area contributed by atoms with Crippen LogP contribution in [0.4, 0.5) is 17.6 Å². The summed E-state index contributed by atoms with van der Waals surface area (Å²) >= 11 is 0. The Kier molecular flexibility index (Phi) is 5.33. The zero-order valence-electron chi connectivity index (χ0n) is 17.3. The number of pyridine rings is 1. The molecule has 4 aromatic rings. The van der Waals surface area contributed by atoms with Crippen molar-refractivity contribution in [1.29, 1.82) is 0 Å². The van der Waals surface area contributed by atoms with Crippen LogP contribution in [0.3, 0.4) is 0 Å². The van der Waals surface area contributed by atoms with Crippen LogP contribution >= 0.6 is 0 Å². The highest BCUT2D eigenvalue weighted by Gasteiger charge is 2.37. The maximum Gasteiger partial charge on any atom is 0.435 e. The molecule has 0 radical (unpaired) electrons. The molecule has 5 rings (SSSR count). The Labute approximate surface area is 182 Å². The highest BCUT2D eigenvalue weighted by molar-refractivity contribution is 6.04. The number of hydrogen-bond donors (Lipinski definition) is 1. The van der Waals surface area contributed by atoms with Crippen molar-refractivity contribution < 1.29 is 17.6 Å². The third-order valence-corrected chi connectivity index (χ3v) is 6.16. The lowest BCUT2D eigenvalue weighted by molar-refractivity contribution is -0.139. The number of benzene rings is 2. The first kappa shape index (κ1) is 20.9. The van der Waals surface area contributed by atoms with Crippen LogP contribution in [0, 0.1) is 11.7 Å². The summed E-state index contributed by atoms with van der Waals surface area (Å²) in [5, 5.41) is 3.81. The van der Waals surface area contributed by atoms with E-state index in [-0.39, 0.29) is 11.0 Å². The quantitative estimate of drug-likeness (QED) is 0.406. The van der Waals surface area contributed by atoms with Crippen molar-refractivity contribution in [1.82, 2.24) is 19.9 Å². The van der Waals surface area contributed by atoms with Crippen LogP contribution in [0.25, 0.3) is 33.3 Å². The second-order valence-corrected chi connectivity index (χ2v) is 8.25. The Hall–Kier alpha value is -3.00. The molecule has 4 nitrogen and oxygen atoms in total. The Morgan fingerprint density at radius 3 is 2.47 bits per heavy atom. The summed E-state index contributed by atoms with van der Waals surface area (Å²) in [6.07, 6.45) is -1.80. The third kappa shape index (κ3) is 3.83. The van der Waals surface area contributed by atoms with Gasteiger partial charge in [0.15, 0.2) is 5.69 Å². The maximum absolute atomic E-state index is 14.0. The molecule has 32 heavy (non-hydrogen) atoms. The number of imidazole rings is 1. The predicted octanol–water partition coefficient (Wildman–Crippen LogP) is 5.80. The maximum atomic E-state index is 14.0. The van der Waals surface area contributed by atoms with Crippen molar-refractivity contribution in [3.8, 4) is 11.4 Å². The smallest absolute Gasteiger partial charge is 0.323 e. The van der Waals surface area contributed by atoms with Crippen LogP contribution in [0.1, 0.15) is 25.0 Å². The van der Waals surface area contributed by atoms with Gasteiger partial charge in [-0.05, 0) is 50.4 Å². The number of aryl methyl sites for hydroxylation is 1. The second kappa shape index (κ2) is 8.16. The minimum absolute atomic E-state index is 0.0209. The fourth-order valence-electron chi connectivity index (χ4n) is 4.57. The van der Waals surface area contributed by atoms with Gasteiger partial charge in [-0.25, -0.2) is 14.4 Å². The number of nitrogens with zero attached hydrogens (tertiary/aromatic N) is 3. The molecule has 0 bridgehead atoms. The van der Waals surface area contributed by atoms with Crippen LogP contribution in [-0.2, 0) is 12.7 Å². The summed E-state index contributed by atoms with van der Waals surface area (Å²) in [5.74, 6) is 0.338.